The van der Waals surface area contributed by atoms with E-state index in [0.717, 1.165) is 16.6 Å². The lowest BCUT2D eigenvalue weighted by Crippen LogP contribution is -2.30. The van der Waals surface area contributed by atoms with Gasteiger partial charge < -0.3 is 18.8 Å². The molecule has 0 spiro atoms. The van der Waals surface area contributed by atoms with Crippen molar-refractivity contribution < 1.29 is 23.5 Å². The zero-order chi connectivity index (χ0) is 25.6. The van der Waals surface area contributed by atoms with Gasteiger partial charge >= 0.3 is 5.97 Å². The average Bonchev–Trinajstić information content (AvgIpc) is 3.56. The van der Waals surface area contributed by atoms with Gasteiger partial charge in [-0.1, -0.05) is 54.6 Å². The molecule has 0 fully saturated rings. The molecule has 1 amide bonds. The summed E-state index contributed by atoms with van der Waals surface area (Å²) in [5, 5.41) is 5.11. The summed E-state index contributed by atoms with van der Waals surface area (Å²) in [5.41, 5.74) is 2.89. The molecule has 2 heterocycles. The van der Waals surface area contributed by atoms with Gasteiger partial charge in [-0.15, -0.1) is 0 Å². The highest BCUT2D eigenvalue weighted by atomic mass is 16.5. The summed E-state index contributed by atoms with van der Waals surface area (Å²) in [6, 6.07) is 26.3. The van der Waals surface area contributed by atoms with Gasteiger partial charge in [0.15, 0.2) is 6.61 Å². The lowest BCUT2D eigenvalue weighted by molar-refractivity contribution is -0.133. The summed E-state index contributed by atoms with van der Waals surface area (Å²) in [4.78, 5) is 27.1. The Balaban J connectivity index is 1.23. The minimum atomic E-state index is -0.721. The van der Waals surface area contributed by atoms with Crippen LogP contribution < -0.4 is 4.74 Å². The minimum Gasteiger partial charge on any atom is -0.489 e. The van der Waals surface area contributed by atoms with Crippen molar-refractivity contribution in [3.05, 3.63) is 114 Å². The molecule has 8 heteroatoms. The van der Waals surface area contributed by atoms with Crippen LogP contribution in [0.3, 0.4) is 0 Å². The van der Waals surface area contributed by atoms with Crippen LogP contribution in [0.15, 0.2) is 102 Å². The van der Waals surface area contributed by atoms with Crippen molar-refractivity contribution in [1.82, 2.24) is 14.7 Å². The van der Waals surface area contributed by atoms with Crippen LogP contribution in [0.25, 0.3) is 16.7 Å². The van der Waals surface area contributed by atoms with Crippen LogP contribution in [0.4, 0.5) is 0 Å². The topological polar surface area (TPSA) is 86.8 Å². The van der Waals surface area contributed by atoms with E-state index in [-0.39, 0.29) is 18.3 Å². The first-order chi connectivity index (χ1) is 18.1. The fourth-order valence-electron chi connectivity index (χ4n) is 3.91. The van der Waals surface area contributed by atoms with Crippen LogP contribution >= 0.6 is 0 Å². The number of hydrogen-bond donors (Lipinski definition) is 0. The molecule has 0 aliphatic carbocycles. The number of fused-ring (bicyclic) bond motifs is 1. The summed E-state index contributed by atoms with van der Waals surface area (Å²) in [7, 11) is 1.65. The molecule has 0 aliphatic rings. The van der Waals surface area contributed by atoms with Crippen molar-refractivity contribution in [2.75, 3.05) is 13.7 Å². The molecular weight excluding hydrogens is 470 g/mol. The molecular formula is C29H25N3O5. The third-order valence-corrected chi connectivity index (χ3v) is 5.84. The van der Waals surface area contributed by atoms with E-state index < -0.39 is 12.6 Å². The number of ether oxygens (including phenoxy) is 2. The highest BCUT2D eigenvalue weighted by molar-refractivity contribution is 5.96. The second kappa shape index (κ2) is 10.8. The van der Waals surface area contributed by atoms with Crippen molar-refractivity contribution in [2.45, 2.75) is 13.2 Å². The molecule has 0 radical (unpaired) electrons. The normalized spacial score (nSPS) is 10.8. The number of likely N-dealkylation sites (N-methyl/N-ethyl adjacent to an activating group) is 1. The second-order valence-electron chi connectivity index (χ2n) is 8.46. The van der Waals surface area contributed by atoms with E-state index in [1.54, 1.807) is 24.0 Å². The molecule has 186 valence electrons. The largest absolute Gasteiger partial charge is 0.489 e. The number of para-hydroxylation sites is 3. The maximum absolute atomic E-state index is 12.9. The number of esters is 1. The fourth-order valence-corrected chi connectivity index (χ4v) is 3.91. The monoisotopic (exact) mass is 495 g/mol. The molecule has 2 aromatic heterocycles. The Hall–Kier alpha value is -4.85. The van der Waals surface area contributed by atoms with Crippen molar-refractivity contribution in [2.24, 2.45) is 0 Å². The van der Waals surface area contributed by atoms with Crippen LogP contribution in [-0.2, 0) is 22.7 Å². The van der Waals surface area contributed by atoms with Crippen molar-refractivity contribution in [1.29, 1.82) is 0 Å². The van der Waals surface area contributed by atoms with E-state index in [1.807, 2.05) is 85.1 Å². The van der Waals surface area contributed by atoms with Crippen molar-refractivity contribution >= 4 is 22.8 Å². The predicted molar refractivity (Wildman–Crippen MR) is 137 cm³/mol. The Morgan fingerprint density at radius 1 is 0.946 bits per heavy atom. The second-order valence-corrected chi connectivity index (χ2v) is 8.46. The zero-order valence-electron chi connectivity index (χ0n) is 20.2. The molecule has 0 saturated heterocycles. The van der Waals surface area contributed by atoms with E-state index in [1.165, 1.54) is 4.90 Å². The maximum Gasteiger partial charge on any atom is 0.375 e. The summed E-state index contributed by atoms with van der Waals surface area (Å²) in [5.74, 6) is -0.378. The maximum atomic E-state index is 12.9. The first kappa shape index (κ1) is 23.9. The Morgan fingerprint density at radius 3 is 2.43 bits per heavy atom. The molecule has 0 unspecified atom stereocenters. The van der Waals surface area contributed by atoms with Gasteiger partial charge in [0.25, 0.3) is 5.91 Å². The lowest BCUT2D eigenvalue weighted by atomic mass is 10.1. The molecule has 0 bridgehead atoms. The first-order valence-corrected chi connectivity index (χ1v) is 11.8. The molecule has 5 rings (SSSR count). The van der Waals surface area contributed by atoms with Crippen LogP contribution in [0.5, 0.6) is 5.75 Å². The Labute approximate surface area is 213 Å². The third kappa shape index (κ3) is 5.54. The van der Waals surface area contributed by atoms with Gasteiger partial charge in [0.1, 0.15) is 17.9 Å². The highest BCUT2D eigenvalue weighted by Crippen LogP contribution is 2.28. The Kier molecular flexibility index (Phi) is 6.98. The van der Waals surface area contributed by atoms with Gasteiger partial charge in [0.05, 0.1) is 17.4 Å². The number of carbonyl (C=O) groups excluding carboxylic acids is 2. The lowest BCUT2D eigenvalue weighted by Gasteiger charge is -2.16. The third-order valence-electron chi connectivity index (χ3n) is 5.84. The van der Waals surface area contributed by atoms with Gasteiger partial charge in [0.2, 0.25) is 5.76 Å². The number of nitrogens with zero attached hydrogens (tertiary/aromatic N) is 3. The van der Waals surface area contributed by atoms with Gasteiger partial charge in [-0.05, 0) is 30.3 Å². The number of carbonyl (C=O) groups is 2. The van der Waals surface area contributed by atoms with Gasteiger partial charge in [-0.3, -0.25) is 4.79 Å². The highest BCUT2D eigenvalue weighted by Gasteiger charge is 2.24. The SMILES string of the molecule is CN(Cc1cnn(-c2ccccc2)c1)C(=O)COC(=O)c1oc2ccccc2c1COc1ccccc1. The van der Waals surface area contributed by atoms with E-state index >= 15 is 0 Å². The quantitative estimate of drug-likeness (QED) is 0.267. The van der Waals surface area contributed by atoms with Crippen LogP contribution in [0, 0.1) is 0 Å². The molecule has 0 N–H and O–H groups in total. The molecule has 5 aromatic rings. The van der Waals surface area contributed by atoms with E-state index in [9.17, 15) is 9.59 Å². The van der Waals surface area contributed by atoms with E-state index in [0.29, 0.717) is 23.4 Å². The zero-order valence-corrected chi connectivity index (χ0v) is 20.2. The van der Waals surface area contributed by atoms with Gasteiger partial charge in [-0.2, -0.15) is 5.10 Å². The van der Waals surface area contributed by atoms with Crippen molar-refractivity contribution in [3.8, 4) is 11.4 Å². The van der Waals surface area contributed by atoms with Gasteiger partial charge in [-0.25, -0.2) is 9.48 Å². The van der Waals surface area contributed by atoms with Gasteiger partial charge in [0, 0.05) is 30.7 Å². The molecule has 3 aromatic carbocycles. The number of hydrogen-bond acceptors (Lipinski definition) is 6. The minimum absolute atomic E-state index is 0.0247. The standard InChI is InChI=1S/C29H25N3O5/c1-31(17-21-16-30-32(18-21)22-10-4-2-5-11-22)27(33)20-36-29(34)28-25(19-35-23-12-6-3-7-13-23)24-14-8-9-15-26(24)37-28/h2-16,18H,17,19-20H2,1H3. The predicted octanol–water partition coefficient (Wildman–Crippen LogP) is 5.01. The number of rotatable bonds is 9. The number of aromatic nitrogens is 2. The number of amides is 1. The first-order valence-electron chi connectivity index (χ1n) is 11.8. The smallest absolute Gasteiger partial charge is 0.375 e. The Bertz CT molecular complexity index is 1510. The van der Waals surface area contributed by atoms with E-state index in [4.69, 9.17) is 13.9 Å². The van der Waals surface area contributed by atoms with Crippen molar-refractivity contribution in [3.63, 3.8) is 0 Å². The summed E-state index contributed by atoms with van der Waals surface area (Å²) < 4.78 is 18.7. The Morgan fingerprint density at radius 2 is 1.65 bits per heavy atom. The average molecular weight is 496 g/mol. The molecule has 0 saturated carbocycles. The van der Waals surface area contributed by atoms with Crippen LogP contribution in [0.1, 0.15) is 21.7 Å². The van der Waals surface area contributed by atoms with E-state index in [2.05, 4.69) is 5.10 Å². The summed E-state index contributed by atoms with van der Waals surface area (Å²) in [6.45, 7) is 0.0208. The summed E-state index contributed by atoms with van der Waals surface area (Å²) in [6.07, 6.45) is 3.56. The molecule has 0 atom stereocenters. The van der Waals surface area contributed by atoms with Crippen LogP contribution in [-0.4, -0.2) is 40.2 Å². The number of benzene rings is 3. The fraction of sp³-hybridized carbons (Fsp3) is 0.138. The molecule has 8 nitrogen and oxygen atoms in total. The summed E-state index contributed by atoms with van der Waals surface area (Å²) >= 11 is 0. The number of furan rings is 1. The van der Waals surface area contributed by atoms with Crippen LogP contribution in [0.2, 0.25) is 0 Å². The molecule has 0 aliphatic heterocycles. The molecule has 37 heavy (non-hydrogen) atoms.